The summed E-state index contributed by atoms with van der Waals surface area (Å²) < 4.78 is 39.3. The monoisotopic (exact) mass is 330 g/mol. The third kappa shape index (κ3) is 3.27. The van der Waals surface area contributed by atoms with Crippen molar-refractivity contribution in [2.24, 2.45) is 0 Å². The highest BCUT2D eigenvalue weighted by molar-refractivity contribution is 7.90. The van der Waals surface area contributed by atoms with E-state index in [2.05, 4.69) is 5.10 Å². The Labute approximate surface area is 128 Å². The van der Waals surface area contributed by atoms with Crippen LogP contribution in [0, 0.1) is 5.82 Å². The van der Waals surface area contributed by atoms with Gasteiger partial charge in [-0.2, -0.15) is 5.10 Å². The fourth-order valence-corrected chi connectivity index (χ4v) is 3.85. The van der Waals surface area contributed by atoms with Crippen LogP contribution in [0.4, 0.5) is 4.39 Å². The number of sulfone groups is 1. The van der Waals surface area contributed by atoms with Gasteiger partial charge in [0.25, 0.3) is 0 Å². The standard InChI is InChI=1S/C14H16ClFN2O2S/c1-3-12-14(15)13(18(4-2)17-12)9-21(19,20)11-7-5-10(16)6-8-11/h5-8H,3-4,9H2,1-2H3. The third-order valence-corrected chi connectivity index (χ3v) is 5.27. The average molecular weight is 331 g/mol. The molecule has 1 aromatic carbocycles. The normalized spacial score (nSPS) is 11.8. The molecule has 0 saturated carbocycles. The summed E-state index contributed by atoms with van der Waals surface area (Å²) in [6.45, 7) is 4.32. The van der Waals surface area contributed by atoms with Crippen molar-refractivity contribution >= 4 is 21.4 Å². The molecule has 0 N–H and O–H groups in total. The van der Waals surface area contributed by atoms with E-state index in [0.29, 0.717) is 29.4 Å². The maximum atomic E-state index is 12.9. The molecule has 0 fully saturated rings. The summed E-state index contributed by atoms with van der Waals surface area (Å²) in [5.74, 6) is -0.725. The molecule has 4 nitrogen and oxygen atoms in total. The van der Waals surface area contributed by atoms with Crippen molar-refractivity contribution in [3.05, 3.63) is 46.5 Å². The quantitative estimate of drug-likeness (QED) is 0.791. The first-order valence-electron chi connectivity index (χ1n) is 6.61. The Bertz CT molecular complexity index is 739. The second-order valence-electron chi connectivity index (χ2n) is 4.59. The maximum Gasteiger partial charge on any atom is 0.184 e. The highest BCUT2D eigenvalue weighted by Gasteiger charge is 2.22. The van der Waals surface area contributed by atoms with E-state index in [9.17, 15) is 12.8 Å². The number of aromatic nitrogens is 2. The van der Waals surface area contributed by atoms with Gasteiger partial charge in [0.05, 0.1) is 27.1 Å². The van der Waals surface area contributed by atoms with Crippen LogP contribution in [0.3, 0.4) is 0 Å². The third-order valence-electron chi connectivity index (χ3n) is 3.19. The van der Waals surface area contributed by atoms with Crippen molar-refractivity contribution in [3.8, 4) is 0 Å². The Morgan fingerprint density at radius 2 is 1.86 bits per heavy atom. The van der Waals surface area contributed by atoms with E-state index in [1.165, 1.54) is 12.1 Å². The predicted octanol–water partition coefficient (Wildman–Crippen LogP) is 3.23. The zero-order valence-electron chi connectivity index (χ0n) is 11.8. The molecule has 7 heteroatoms. The van der Waals surface area contributed by atoms with Crippen LogP contribution in [-0.4, -0.2) is 18.2 Å². The number of hydrogen-bond acceptors (Lipinski definition) is 3. The summed E-state index contributed by atoms with van der Waals surface area (Å²) in [6, 6.07) is 4.77. The molecule has 1 aromatic heterocycles. The van der Waals surface area contributed by atoms with Gasteiger partial charge in [-0.15, -0.1) is 0 Å². The lowest BCUT2D eigenvalue weighted by atomic mass is 10.3. The molecule has 2 aromatic rings. The molecular formula is C14H16ClFN2O2S. The van der Waals surface area contributed by atoms with Crippen LogP contribution >= 0.6 is 11.6 Å². The van der Waals surface area contributed by atoms with Crippen LogP contribution in [0.25, 0.3) is 0 Å². The molecule has 0 unspecified atom stereocenters. The summed E-state index contributed by atoms with van der Waals surface area (Å²) in [5, 5.41) is 4.69. The minimum Gasteiger partial charge on any atom is -0.267 e. The lowest BCUT2D eigenvalue weighted by Crippen LogP contribution is -2.11. The zero-order chi connectivity index (χ0) is 15.6. The van der Waals surface area contributed by atoms with Gasteiger partial charge >= 0.3 is 0 Å². The van der Waals surface area contributed by atoms with Gasteiger partial charge in [-0.25, -0.2) is 12.8 Å². The predicted molar refractivity (Wildman–Crippen MR) is 79.6 cm³/mol. The van der Waals surface area contributed by atoms with Crippen molar-refractivity contribution in [2.45, 2.75) is 37.5 Å². The Kier molecular flexibility index (Phi) is 4.68. The van der Waals surface area contributed by atoms with Crippen molar-refractivity contribution in [3.63, 3.8) is 0 Å². The number of halogens is 2. The highest BCUT2D eigenvalue weighted by Crippen LogP contribution is 2.26. The van der Waals surface area contributed by atoms with Crippen molar-refractivity contribution in [1.29, 1.82) is 0 Å². The van der Waals surface area contributed by atoms with E-state index in [0.717, 1.165) is 12.1 Å². The Morgan fingerprint density at radius 3 is 2.38 bits per heavy atom. The zero-order valence-corrected chi connectivity index (χ0v) is 13.4. The summed E-state index contributed by atoms with van der Waals surface area (Å²) in [7, 11) is -3.59. The van der Waals surface area contributed by atoms with E-state index in [1.807, 2.05) is 13.8 Å². The van der Waals surface area contributed by atoms with E-state index in [-0.39, 0.29) is 10.6 Å². The van der Waals surface area contributed by atoms with Crippen molar-refractivity contribution in [2.75, 3.05) is 0 Å². The SMILES string of the molecule is CCc1nn(CC)c(CS(=O)(=O)c2ccc(F)cc2)c1Cl. The average Bonchev–Trinajstić information content (AvgIpc) is 2.75. The van der Waals surface area contributed by atoms with E-state index >= 15 is 0 Å². The summed E-state index contributed by atoms with van der Waals surface area (Å²) >= 11 is 6.22. The van der Waals surface area contributed by atoms with Crippen molar-refractivity contribution in [1.82, 2.24) is 9.78 Å². The number of benzene rings is 1. The van der Waals surface area contributed by atoms with Crippen LogP contribution in [-0.2, 0) is 28.6 Å². The van der Waals surface area contributed by atoms with Gasteiger partial charge in [-0.1, -0.05) is 18.5 Å². The van der Waals surface area contributed by atoms with Gasteiger partial charge in [-0.3, -0.25) is 4.68 Å². The number of rotatable bonds is 5. The minimum absolute atomic E-state index is 0.0712. The lowest BCUT2D eigenvalue weighted by molar-refractivity contribution is 0.584. The molecule has 2 rings (SSSR count). The minimum atomic E-state index is -3.59. The van der Waals surface area contributed by atoms with Crippen molar-refractivity contribution < 1.29 is 12.8 Å². The summed E-state index contributed by atoms with van der Waals surface area (Å²) in [6.07, 6.45) is 0.634. The van der Waals surface area contributed by atoms with Gasteiger partial charge < -0.3 is 0 Å². The number of hydrogen-bond donors (Lipinski definition) is 0. The van der Waals surface area contributed by atoms with Gasteiger partial charge in [-0.05, 0) is 37.6 Å². The van der Waals surface area contributed by atoms with Crippen LogP contribution in [0.2, 0.25) is 5.02 Å². The summed E-state index contributed by atoms with van der Waals surface area (Å²) in [4.78, 5) is 0.0712. The van der Waals surface area contributed by atoms with Gasteiger partial charge in [0.1, 0.15) is 5.82 Å². The first kappa shape index (κ1) is 16.0. The largest absolute Gasteiger partial charge is 0.267 e. The van der Waals surface area contributed by atoms with Crippen LogP contribution < -0.4 is 0 Å². The molecule has 0 bridgehead atoms. The molecule has 114 valence electrons. The first-order valence-corrected chi connectivity index (χ1v) is 8.64. The van der Waals surface area contributed by atoms with E-state index < -0.39 is 15.7 Å². The molecule has 21 heavy (non-hydrogen) atoms. The second kappa shape index (κ2) is 6.15. The van der Waals surface area contributed by atoms with E-state index in [4.69, 9.17) is 11.6 Å². The second-order valence-corrected chi connectivity index (χ2v) is 6.96. The maximum absolute atomic E-state index is 12.9. The Hall–Kier alpha value is -1.40. The fraction of sp³-hybridized carbons (Fsp3) is 0.357. The van der Waals surface area contributed by atoms with Gasteiger partial charge in [0, 0.05) is 6.54 Å². The lowest BCUT2D eigenvalue weighted by Gasteiger charge is -2.07. The molecule has 0 aliphatic carbocycles. The van der Waals surface area contributed by atoms with E-state index in [1.54, 1.807) is 4.68 Å². The number of nitrogens with zero attached hydrogens (tertiary/aromatic N) is 2. The molecule has 0 aliphatic rings. The highest BCUT2D eigenvalue weighted by atomic mass is 35.5. The molecular weight excluding hydrogens is 315 g/mol. The Morgan fingerprint density at radius 1 is 1.24 bits per heavy atom. The Balaban J connectivity index is 2.41. The van der Waals surface area contributed by atoms with Crippen LogP contribution in [0.5, 0.6) is 0 Å². The fourth-order valence-electron chi connectivity index (χ4n) is 2.06. The first-order chi connectivity index (χ1) is 9.89. The topological polar surface area (TPSA) is 52.0 Å². The molecule has 1 heterocycles. The van der Waals surface area contributed by atoms with Gasteiger partial charge in [0.2, 0.25) is 0 Å². The van der Waals surface area contributed by atoms with Crippen LogP contribution in [0.1, 0.15) is 25.2 Å². The molecule has 0 atom stereocenters. The summed E-state index contributed by atoms with van der Waals surface area (Å²) in [5.41, 5.74) is 1.16. The molecule has 0 spiro atoms. The molecule has 0 amide bonds. The molecule has 0 saturated heterocycles. The smallest absolute Gasteiger partial charge is 0.184 e. The molecule has 0 aliphatic heterocycles. The number of aryl methyl sites for hydroxylation is 2. The van der Waals surface area contributed by atoms with Gasteiger partial charge in [0.15, 0.2) is 9.84 Å². The molecule has 0 radical (unpaired) electrons. The van der Waals surface area contributed by atoms with Crippen LogP contribution in [0.15, 0.2) is 29.2 Å².